The Kier molecular flexibility index (Phi) is 3.42. The average molecular weight is 265 g/mol. The van der Waals surface area contributed by atoms with Crippen molar-refractivity contribution in [2.24, 2.45) is 0 Å². The van der Waals surface area contributed by atoms with Crippen LogP contribution in [0, 0.1) is 17.0 Å². The first-order valence-electron chi connectivity index (χ1n) is 5.15. The van der Waals surface area contributed by atoms with Crippen molar-refractivity contribution >= 4 is 22.2 Å². The molecule has 0 aliphatic rings. The molecule has 0 aliphatic heterocycles. The van der Waals surface area contributed by atoms with Crippen LogP contribution in [0.2, 0.25) is 0 Å². The number of nitrogens with zero attached hydrogens (tertiary/aromatic N) is 2. The van der Waals surface area contributed by atoms with Crippen LogP contribution in [0.4, 0.5) is 10.8 Å². The first kappa shape index (κ1) is 12.3. The van der Waals surface area contributed by atoms with Crippen molar-refractivity contribution < 1.29 is 9.66 Å². The maximum atomic E-state index is 10.9. The normalized spacial score (nSPS) is 10.3. The number of aryl methyl sites for hydroxylation is 1. The highest BCUT2D eigenvalue weighted by molar-refractivity contribution is 7.15. The Morgan fingerprint density at radius 3 is 2.94 bits per heavy atom. The molecule has 0 fully saturated rings. The highest BCUT2D eigenvalue weighted by Crippen LogP contribution is 2.31. The zero-order valence-corrected chi connectivity index (χ0v) is 10.4. The van der Waals surface area contributed by atoms with Crippen LogP contribution >= 0.6 is 11.3 Å². The van der Waals surface area contributed by atoms with Crippen LogP contribution in [0.3, 0.4) is 0 Å². The van der Waals surface area contributed by atoms with Gasteiger partial charge in [-0.05, 0) is 12.5 Å². The molecule has 2 aromatic rings. The number of nitrogen functional groups attached to an aromatic ring is 1. The van der Waals surface area contributed by atoms with E-state index in [1.54, 1.807) is 25.3 Å². The summed E-state index contributed by atoms with van der Waals surface area (Å²) in [5.74, 6) is 0.287. The second kappa shape index (κ2) is 5.01. The molecule has 0 saturated carbocycles. The van der Waals surface area contributed by atoms with Gasteiger partial charge in [0.2, 0.25) is 0 Å². The van der Waals surface area contributed by atoms with E-state index in [1.165, 1.54) is 17.4 Å². The Bertz CT molecular complexity index is 583. The van der Waals surface area contributed by atoms with Crippen molar-refractivity contribution in [3.63, 3.8) is 0 Å². The van der Waals surface area contributed by atoms with Crippen molar-refractivity contribution in [2.45, 2.75) is 13.5 Å². The number of nitro groups is 1. The van der Waals surface area contributed by atoms with E-state index in [1.807, 2.05) is 0 Å². The fraction of sp³-hybridized carbons (Fsp3) is 0.182. The van der Waals surface area contributed by atoms with Gasteiger partial charge >= 0.3 is 5.69 Å². The molecule has 0 atom stereocenters. The molecule has 1 heterocycles. The van der Waals surface area contributed by atoms with Crippen LogP contribution in [0.25, 0.3) is 0 Å². The van der Waals surface area contributed by atoms with Gasteiger partial charge in [-0.2, -0.15) is 0 Å². The summed E-state index contributed by atoms with van der Waals surface area (Å²) >= 11 is 1.30. The quantitative estimate of drug-likeness (QED) is 0.677. The predicted octanol–water partition coefficient (Wildman–Crippen LogP) is 2.52. The summed E-state index contributed by atoms with van der Waals surface area (Å²) < 4.78 is 5.50. The van der Waals surface area contributed by atoms with E-state index in [2.05, 4.69) is 4.98 Å². The SMILES string of the molecule is Cc1cccc([N+](=O)[O-])c1OCc1cnc(N)s1. The standard InChI is InChI=1S/C11H11N3O3S/c1-7-3-2-4-9(14(15)16)10(7)17-6-8-5-13-11(12)18-8/h2-5H,6H2,1H3,(H2,12,13). The number of para-hydroxylation sites is 1. The summed E-state index contributed by atoms with van der Waals surface area (Å²) in [5, 5.41) is 11.3. The molecule has 0 saturated heterocycles. The second-order valence-electron chi connectivity index (χ2n) is 3.63. The molecular weight excluding hydrogens is 254 g/mol. The van der Waals surface area contributed by atoms with E-state index >= 15 is 0 Å². The zero-order chi connectivity index (χ0) is 13.1. The summed E-state index contributed by atoms with van der Waals surface area (Å²) in [6, 6.07) is 4.82. The zero-order valence-electron chi connectivity index (χ0n) is 9.62. The Hall–Kier alpha value is -2.15. The molecule has 7 heteroatoms. The van der Waals surface area contributed by atoms with Gasteiger partial charge in [0.15, 0.2) is 10.9 Å². The van der Waals surface area contributed by atoms with E-state index in [9.17, 15) is 10.1 Å². The number of hydrogen-bond acceptors (Lipinski definition) is 6. The largest absolute Gasteiger partial charge is 0.481 e. The summed E-state index contributed by atoms with van der Waals surface area (Å²) in [4.78, 5) is 15.1. The van der Waals surface area contributed by atoms with Gasteiger partial charge in [0.05, 0.1) is 9.80 Å². The number of rotatable bonds is 4. The lowest BCUT2D eigenvalue weighted by Gasteiger charge is -2.07. The van der Waals surface area contributed by atoms with E-state index in [-0.39, 0.29) is 18.0 Å². The summed E-state index contributed by atoms with van der Waals surface area (Å²) in [7, 11) is 0. The van der Waals surface area contributed by atoms with E-state index in [0.29, 0.717) is 5.13 Å². The van der Waals surface area contributed by atoms with Crippen LogP contribution in [0.5, 0.6) is 5.75 Å². The fourth-order valence-electron chi connectivity index (χ4n) is 1.50. The maximum absolute atomic E-state index is 10.9. The maximum Gasteiger partial charge on any atom is 0.311 e. The number of nitro benzene ring substituents is 1. The minimum Gasteiger partial charge on any atom is -0.481 e. The second-order valence-corrected chi connectivity index (χ2v) is 4.78. The van der Waals surface area contributed by atoms with Gasteiger partial charge in [-0.25, -0.2) is 4.98 Å². The minimum absolute atomic E-state index is 0.0347. The molecule has 0 aliphatic carbocycles. The van der Waals surface area contributed by atoms with E-state index < -0.39 is 4.92 Å². The van der Waals surface area contributed by atoms with E-state index in [0.717, 1.165) is 10.4 Å². The van der Waals surface area contributed by atoms with Gasteiger partial charge in [-0.3, -0.25) is 10.1 Å². The molecule has 6 nitrogen and oxygen atoms in total. The highest BCUT2D eigenvalue weighted by Gasteiger charge is 2.17. The molecule has 0 unspecified atom stereocenters. The van der Waals surface area contributed by atoms with Crippen molar-refractivity contribution in [3.05, 3.63) is 45.0 Å². The van der Waals surface area contributed by atoms with Crippen molar-refractivity contribution in [3.8, 4) is 5.75 Å². The molecule has 2 N–H and O–H groups in total. The van der Waals surface area contributed by atoms with Gasteiger partial charge in [0, 0.05) is 12.3 Å². The van der Waals surface area contributed by atoms with Crippen molar-refractivity contribution in [1.82, 2.24) is 4.98 Å². The summed E-state index contributed by atoms with van der Waals surface area (Å²) in [6.45, 7) is 1.99. The van der Waals surface area contributed by atoms with Crippen LogP contribution in [0.15, 0.2) is 24.4 Å². The Labute approximate surface area is 107 Å². The Morgan fingerprint density at radius 1 is 1.56 bits per heavy atom. The molecule has 0 spiro atoms. The van der Waals surface area contributed by atoms with Crippen LogP contribution in [-0.2, 0) is 6.61 Å². The highest BCUT2D eigenvalue weighted by atomic mass is 32.1. The lowest BCUT2D eigenvalue weighted by Crippen LogP contribution is -1.99. The van der Waals surface area contributed by atoms with Crippen LogP contribution < -0.4 is 10.5 Å². The number of thiazole rings is 1. The number of anilines is 1. The molecule has 18 heavy (non-hydrogen) atoms. The van der Waals surface area contributed by atoms with Gasteiger partial charge in [-0.15, -0.1) is 0 Å². The first-order chi connectivity index (χ1) is 8.58. The molecule has 0 amide bonds. The van der Waals surface area contributed by atoms with Crippen molar-refractivity contribution in [2.75, 3.05) is 5.73 Å². The summed E-state index contributed by atoms with van der Waals surface area (Å²) in [6.07, 6.45) is 1.60. The fourth-order valence-corrected chi connectivity index (χ4v) is 2.10. The number of aromatic nitrogens is 1. The van der Waals surface area contributed by atoms with Crippen LogP contribution in [-0.4, -0.2) is 9.91 Å². The molecule has 0 radical (unpaired) electrons. The predicted molar refractivity (Wildman–Crippen MR) is 68.7 cm³/mol. The molecular formula is C11H11N3O3S. The van der Waals surface area contributed by atoms with Gasteiger partial charge in [-0.1, -0.05) is 23.5 Å². The average Bonchev–Trinajstić information content (AvgIpc) is 2.73. The topological polar surface area (TPSA) is 91.3 Å². The minimum atomic E-state index is -0.455. The molecule has 0 bridgehead atoms. The lowest BCUT2D eigenvalue weighted by atomic mass is 10.2. The lowest BCUT2D eigenvalue weighted by molar-refractivity contribution is -0.386. The van der Waals surface area contributed by atoms with Gasteiger partial charge in [0.1, 0.15) is 6.61 Å². The van der Waals surface area contributed by atoms with Gasteiger partial charge in [0.25, 0.3) is 0 Å². The monoisotopic (exact) mass is 265 g/mol. The van der Waals surface area contributed by atoms with Gasteiger partial charge < -0.3 is 10.5 Å². The Morgan fingerprint density at radius 2 is 2.33 bits per heavy atom. The Balaban J connectivity index is 2.20. The first-order valence-corrected chi connectivity index (χ1v) is 5.96. The number of ether oxygens (including phenoxy) is 1. The third-order valence-electron chi connectivity index (χ3n) is 2.32. The van der Waals surface area contributed by atoms with Crippen LogP contribution in [0.1, 0.15) is 10.4 Å². The third-order valence-corrected chi connectivity index (χ3v) is 3.12. The van der Waals surface area contributed by atoms with E-state index in [4.69, 9.17) is 10.5 Å². The number of nitrogens with two attached hydrogens (primary N) is 1. The molecule has 1 aromatic carbocycles. The third kappa shape index (κ3) is 2.57. The number of hydrogen-bond donors (Lipinski definition) is 1. The molecule has 94 valence electrons. The number of benzene rings is 1. The molecule has 1 aromatic heterocycles. The summed E-state index contributed by atoms with van der Waals surface area (Å²) in [5.41, 5.74) is 6.19. The van der Waals surface area contributed by atoms with Crippen molar-refractivity contribution in [1.29, 1.82) is 0 Å². The molecule has 2 rings (SSSR count). The smallest absolute Gasteiger partial charge is 0.311 e.